The molecule has 0 saturated heterocycles. The molecule has 0 spiro atoms. The molecule has 0 amide bonds. The number of benzene rings is 1. The molecular weight excluding hydrogens is 342 g/mol. The maximum absolute atomic E-state index is 12.2. The number of carbonyl (C=O) groups is 2. The minimum atomic E-state index is -0.398. The Morgan fingerprint density at radius 2 is 2.19 bits per heavy atom. The van der Waals surface area contributed by atoms with E-state index < -0.39 is 5.97 Å². The van der Waals surface area contributed by atoms with Gasteiger partial charge in [0.05, 0.1) is 24.7 Å². The Hall–Kier alpha value is -2.61. The summed E-state index contributed by atoms with van der Waals surface area (Å²) in [5, 5.41) is 9.77. The number of cyclic esters (lactones) is 1. The second-order valence-corrected chi connectivity index (χ2v) is 7.20. The number of allylic oxidation sites excluding steroid dienone is 2. The second kappa shape index (κ2) is 7.96. The van der Waals surface area contributed by atoms with E-state index in [1.54, 1.807) is 0 Å². The molecule has 1 aliphatic carbocycles. The van der Waals surface area contributed by atoms with E-state index in [1.807, 2.05) is 6.92 Å². The second-order valence-electron chi connectivity index (χ2n) is 7.20. The van der Waals surface area contributed by atoms with Crippen molar-refractivity contribution < 1.29 is 19.1 Å². The van der Waals surface area contributed by atoms with Crippen molar-refractivity contribution in [2.45, 2.75) is 59.0 Å². The number of methoxy groups -OCH3 is 1. The normalized spacial score (nSPS) is 19.7. The van der Waals surface area contributed by atoms with Crippen LogP contribution in [0.15, 0.2) is 11.6 Å². The fourth-order valence-electron chi connectivity index (χ4n) is 4.45. The first-order valence-electron chi connectivity index (χ1n) is 9.51. The van der Waals surface area contributed by atoms with Crippen molar-refractivity contribution in [2.75, 3.05) is 7.11 Å². The lowest BCUT2D eigenvalue weighted by Crippen LogP contribution is -2.10. The number of nitrogens with zero attached hydrogens (tertiary/aromatic N) is 1. The molecule has 1 atom stereocenters. The molecule has 142 valence electrons. The van der Waals surface area contributed by atoms with Crippen molar-refractivity contribution in [3.05, 3.63) is 45.0 Å². The predicted octanol–water partition coefficient (Wildman–Crippen LogP) is 3.93. The van der Waals surface area contributed by atoms with Crippen LogP contribution >= 0.6 is 0 Å². The largest absolute Gasteiger partial charge is 0.469 e. The molecule has 0 bridgehead atoms. The number of fused-ring (bicyclic) bond motifs is 1. The molecule has 1 aromatic rings. The molecule has 1 aromatic carbocycles. The van der Waals surface area contributed by atoms with Gasteiger partial charge in [-0.2, -0.15) is 5.26 Å². The van der Waals surface area contributed by atoms with Gasteiger partial charge in [0.1, 0.15) is 12.7 Å². The highest BCUT2D eigenvalue weighted by atomic mass is 16.5. The van der Waals surface area contributed by atoms with E-state index in [0.717, 1.165) is 47.9 Å². The maximum atomic E-state index is 12.2. The average molecular weight is 367 g/mol. The molecule has 1 fully saturated rings. The summed E-state index contributed by atoms with van der Waals surface area (Å²) < 4.78 is 10.0. The number of hydrogen-bond donors (Lipinski definition) is 0. The van der Waals surface area contributed by atoms with Gasteiger partial charge in [0.25, 0.3) is 0 Å². The Labute approximate surface area is 160 Å². The SMILES string of the molecule is CCc1c(C)c2c(c(C#N)c1C/C=C1\CCCC1CC(=O)OC)C(=O)OC2. The molecule has 1 heterocycles. The van der Waals surface area contributed by atoms with Crippen molar-refractivity contribution in [3.63, 3.8) is 0 Å². The summed E-state index contributed by atoms with van der Waals surface area (Å²) in [6.07, 6.45) is 6.98. The van der Waals surface area contributed by atoms with Crippen molar-refractivity contribution in [2.24, 2.45) is 5.92 Å². The van der Waals surface area contributed by atoms with Crippen LogP contribution in [0.5, 0.6) is 0 Å². The lowest BCUT2D eigenvalue weighted by Gasteiger charge is -2.17. The van der Waals surface area contributed by atoms with Crippen LogP contribution in [0, 0.1) is 24.2 Å². The van der Waals surface area contributed by atoms with E-state index in [0.29, 0.717) is 24.0 Å². The number of hydrogen-bond acceptors (Lipinski definition) is 5. The third-order valence-corrected chi connectivity index (χ3v) is 5.89. The molecule has 1 unspecified atom stereocenters. The van der Waals surface area contributed by atoms with Gasteiger partial charge in [-0.25, -0.2) is 4.79 Å². The zero-order valence-electron chi connectivity index (χ0n) is 16.2. The van der Waals surface area contributed by atoms with E-state index >= 15 is 0 Å². The number of carbonyl (C=O) groups excluding carboxylic acids is 2. The van der Waals surface area contributed by atoms with Gasteiger partial charge < -0.3 is 9.47 Å². The minimum Gasteiger partial charge on any atom is -0.469 e. The highest BCUT2D eigenvalue weighted by molar-refractivity contribution is 5.97. The maximum Gasteiger partial charge on any atom is 0.340 e. The number of nitriles is 1. The van der Waals surface area contributed by atoms with Gasteiger partial charge >= 0.3 is 11.9 Å². The standard InChI is InChI=1S/C22H25NO4/c1-4-16-13(2)19-12-27-22(25)21(19)18(11-23)17(16)9-8-14-6-5-7-15(14)10-20(24)26-3/h8,15H,4-7,9-10,12H2,1-3H3/b14-8+. The summed E-state index contributed by atoms with van der Waals surface area (Å²) in [7, 11) is 1.42. The quantitative estimate of drug-likeness (QED) is 0.582. The van der Waals surface area contributed by atoms with Crippen LogP contribution in [0.1, 0.15) is 70.8 Å². The molecule has 27 heavy (non-hydrogen) atoms. The fourth-order valence-corrected chi connectivity index (χ4v) is 4.45. The smallest absolute Gasteiger partial charge is 0.340 e. The summed E-state index contributed by atoms with van der Waals surface area (Å²) in [5.41, 5.74) is 6.12. The molecule has 5 nitrogen and oxygen atoms in total. The van der Waals surface area contributed by atoms with Crippen LogP contribution in [0.2, 0.25) is 0 Å². The molecule has 5 heteroatoms. The first-order valence-corrected chi connectivity index (χ1v) is 9.51. The summed E-state index contributed by atoms with van der Waals surface area (Å²) in [4.78, 5) is 23.8. The van der Waals surface area contributed by atoms with Gasteiger partial charge in [0.15, 0.2) is 0 Å². The number of rotatable bonds is 5. The number of esters is 2. The topological polar surface area (TPSA) is 76.4 Å². The van der Waals surface area contributed by atoms with Gasteiger partial charge in [0, 0.05) is 5.56 Å². The van der Waals surface area contributed by atoms with Crippen molar-refractivity contribution in [1.82, 2.24) is 0 Å². The van der Waals surface area contributed by atoms with E-state index in [9.17, 15) is 14.9 Å². The van der Waals surface area contributed by atoms with Crippen LogP contribution in [0.25, 0.3) is 0 Å². The van der Waals surface area contributed by atoms with Crippen LogP contribution in [-0.4, -0.2) is 19.0 Å². The van der Waals surface area contributed by atoms with Crippen molar-refractivity contribution in [3.8, 4) is 6.07 Å². The molecule has 1 saturated carbocycles. The Balaban J connectivity index is 1.99. The highest BCUT2D eigenvalue weighted by Crippen LogP contribution is 2.36. The third-order valence-electron chi connectivity index (χ3n) is 5.89. The zero-order chi connectivity index (χ0) is 19.6. The first-order chi connectivity index (χ1) is 13.0. The lowest BCUT2D eigenvalue weighted by molar-refractivity contribution is -0.141. The molecule has 0 radical (unpaired) electrons. The van der Waals surface area contributed by atoms with Gasteiger partial charge in [-0.15, -0.1) is 0 Å². The van der Waals surface area contributed by atoms with Crippen LogP contribution in [0.3, 0.4) is 0 Å². The molecule has 2 aliphatic rings. The molecule has 0 aromatic heterocycles. The highest BCUT2D eigenvalue weighted by Gasteiger charge is 2.31. The zero-order valence-corrected chi connectivity index (χ0v) is 16.2. The fraction of sp³-hybridized carbons (Fsp3) is 0.500. The summed E-state index contributed by atoms with van der Waals surface area (Å²) in [5.74, 6) is -0.366. The summed E-state index contributed by atoms with van der Waals surface area (Å²) in [6, 6.07) is 2.25. The summed E-state index contributed by atoms with van der Waals surface area (Å²) in [6.45, 7) is 4.33. The van der Waals surface area contributed by atoms with Crippen molar-refractivity contribution in [1.29, 1.82) is 5.26 Å². The molecule has 0 N–H and O–H groups in total. The Kier molecular flexibility index (Phi) is 5.65. The average Bonchev–Trinajstić information content (AvgIpc) is 3.27. The lowest BCUT2D eigenvalue weighted by atomic mass is 9.85. The van der Waals surface area contributed by atoms with Crippen LogP contribution in [-0.2, 0) is 33.7 Å². The molecule has 3 rings (SSSR count). The Morgan fingerprint density at radius 1 is 1.41 bits per heavy atom. The minimum absolute atomic E-state index is 0.184. The van der Waals surface area contributed by atoms with Crippen molar-refractivity contribution >= 4 is 11.9 Å². The van der Waals surface area contributed by atoms with Gasteiger partial charge in [-0.1, -0.05) is 18.6 Å². The van der Waals surface area contributed by atoms with E-state index in [4.69, 9.17) is 9.47 Å². The molecular formula is C22H25NO4. The Morgan fingerprint density at radius 3 is 2.85 bits per heavy atom. The first kappa shape index (κ1) is 19.2. The van der Waals surface area contributed by atoms with Crippen LogP contribution < -0.4 is 0 Å². The predicted molar refractivity (Wildman–Crippen MR) is 100 cm³/mol. The monoisotopic (exact) mass is 367 g/mol. The van der Waals surface area contributed by atoms with E-state index in [-0.39, 0.29) is 18.5 Å². The van der Waals surface area contributed by atoms with Gasteiger partial charge in [-0.3, -0.25) is 4.79 Å². The summed E-state index contributed by atoms with van der Waals surface area (Å²) >= 11 is 0. The van der Waals surface area contributed by atoms with E-state index in [2.05, 4.69) is 19.1 Å². The van der Waals surface area contributed by atoms with E-state index in [1.165, 1.54) is 12.7 Å². The van der Waals surface area contributed by atoms with Gasteiger partial charge in [-0.05, 0) is 61.6 Å². The molecule has 1 aliphatic heterocycles. The number of ether oxygens (including phenoxy) is 2. The van der Waals surface area contributed by atoms with Gasteiger partial charge in [0.2, 0.25) is 0 Å². The van der Waals surface area contributed by atoms with Crippen LogP contribution in [0.4, 0.5) is 0 Å². The third kappa shape index (κ3) is 3.49. The Bertz CT molecular complexity index is 860.